The van der Waals surface area contributed by atoms with Crippen LogP contribution in [0, 0.1) is 11.8 Å². The first-order chi connectivity index (χ1) is 15.1. The van der Waals surface area contributed by atoms with Crippen LogP contribution in [-0.4, -0.2) is 24.6 Å². The van der Waals surface area contributed by atoms with E-state index in [1.165, 1.54) is 77.0 Å². The molecule has 0 amide bonds. The maximum Gasteiger partial charge on any atom is 0.310 e. The third-order valence-corrected chi connectivity index (χ3v) is 6.47. The smallest absolute Gasteiger partial charge is 0.310 e. The van der Waals surface area contributed by atoms with Crippen LogP contribution in [0.3, 0.4) is 0 Å². The van der Waals surface area contributed by atoms with Gasteiger partial charge in [0.2, 0.25) is 0 Å². The van der Waals surface area contributed by atoms with Gasteiger partial charge in [-0.3, -0.25) is 9.59 Å². The summed E-state index contributed by atoms with van der Waals surface area (Å²) in [6.07, 6.45) is 21.7. The minimum atomic E-state index is -0.319. The molecule has 0 heterocycles. The number of carbonyl (C=O) groups excluding carboxylic acids is 2. The van der Waals surface area contributed by atoms with Crippen LogP contribution in [0.2, 0.25) is 0 Å². The van der Waals surface area contributed by atoms with Gasteiger partial charge in [0, 0.05) is 0 Å². The van der Waals surface area contributed by atoms with Crippen LogP contribution in [0.15, 0.2) is 0 Å². The molecule has 1 fully saturated rings. The fraction of sp³-hybridized carbons (Fsp3) is 0.926. The molecule has 1 rings (SSSR count). The number of hydrogen-bond donors (Lipinski definition) is 0. The van der Waals surface area contributed by atoms with Crippen LogP contribution in [0.5, 0.6) is 0 Å². The van der Waals surface area contributed by atoms with Crippen molar-refractivity contribution in [3.05, 3.63) is 0 Å². The maximum absolute atomic E-state index is 12.5. The van der Waals surface area contributed by atoms with E-state index >= 15 is 0 Å². The molecule has 0 saturated heterocycles. The number of ether oxygens (including phenoxy) is 2. The summed E-state index contributed by atoms with van der Waals surface area (Å²) in [4.78, 5) is 24.8. The minimum absolute atomic E-state index is 0.137. The van der Waals surface area contributed by atoms with Crippen molar-refractivity contribution in [2.75, 3.05) is 6.61 Å². The highest BCUT2D eigenvalue weighted by atomic mass is 16.5. The van der Waals surface area contributed by atoms with Gasteiger partial charge in [0.1, 0.15) is 0 Å². The van der Waals surface area contributed by atoms with Crippen molar-refractivity contribution in [3.8, 4) is 0 Å². The van der Waals surface area contributed by atoms with Gasteiger partial charge in [-0.1, -0.05) is 103 Å². The molecule has 182 valence electrons. The molecule has 0 aromatic carbocycles. The Morgan fingerprint density at radius 2 is 1.10 bits per heavy atom. The van der Waals surface area contributed by atoms with Crippen LogP contribution in [0.1, 0.15) is 136 Å². The van der Waals surface area contributed by atoms with Crippen molar-refractivity contribution in [3.63, 3.8) is 0 Å². The summed E-state index contributed by atoms with van der Waals surface area (Å²) in [6, 6.07) is 0. The molecule has 1 aliphatic rings. The average Bonchev–Trinajstić information content (AvgIpc) is 2.75. The largest absolute Gasteiger partial charge is 0.465 e. The van der Waals surface area contributed by atoms with Crippen molar-refractivity contribution in [2.24, 2.45) is 11.8 Å². The topological polar surface area (TPSA) is 52.6 Å². The van der Waals surface area contributed by atoms with Crippen LogP contribution < -0.4 is 0 Å². The Kier molecular flexibility index (Phi) is 16.7. The first-order valence-corrected chi connectivity index (χ1v) is 13.4. The lowest BCUT2D eigenvalue weighted by atomic mass is 9.79. The first-order valence-electron chi connectivity index (χ1n) is 13.4. The molecule has 0 aromatic heterocycles. The van der Waals surface area contributed by atoms with Gasteiger partial charge in [-0.05, 0) is 33.1 Å². The number of rotatable bonds is 18. The van der Waals surface area contributed by atoms with Gasteiger partial charge in [-0.2, -0.15) is 0 Å². The molecule has 0 N–H and O–H groups in total. The lowest BCUT2D eigenvalue weighted by Crippen LogP contribution is -2.36. The van der Waals surface area contributed by atoms with Crippen molar-refractivity contribution in [1.82, 2.24) is 0 Å². The average molecular weight is 439 g/mol. The summed E-state index contributed by atoms with van der Waals surface area (Å²) >= 11 is 0. The van der Waals surface area contributed by atoms with E-state index in [0.717, 1.165) is 38.5 Å². The van der Waals surface area contributed by atoms with E-state index in [1.807, 2.05) is 13.8 Å². The highest BCUT2D eigenvalue weighted by Gasteiger charge is 2.38. The van der Waals surface area contributed by atoms with Crippen molar-refractivity contribution in [1.29, 1.82) is 0 Å². The second-order valence-electron chi connectivity index (χ2n) is 9.75. The maximum atomic E-state index is 12.5. The van der Waals surface area contributed by atoms with E-state index in [2.05, 4.69) is 6.92 Å². The number of carbonyl (C=O) groups is 2. The lowest BCUT2D eigenvalue weighted by Gasteiger charge is -2.28. The molecule has 0 spiro atoms. The van der Waals surface area contributed by atoms with E-state index in [1.54, 1.807) is 0 Å². The Bertz CT molecular complexity index is 460. The highest BCUT2D eigenvalue weighted by Crippen LogP contribution is 2.32. The molecule has 0 bridgehead atoms. The second-order valence-corrected chi connectivity index (χ2v) is 9.75. The zero-order valence-electron chi connectivity index (χ0n) is 20.8. The molecule has 0 aromatic rings. The molecule has 1 saturated carbocycles. The van der Waals surface area contributed by atoms with E-state index in [9.17, 15) is 9.59 Å². The van der Waals surface area contributed by atoms with Gasteiger partial charge in [-0.15, -0.1) is 0 Å². The summed E-state index contributed by atoms with van der Waals surface area (Å²) < 4.78 is 10.9. The monoisotopic (exact) mass is 438 g/mol. The minimum Gasteiger partial charge on any atom is -0.465 e. The van der Waals surface area contributed by atoms with Gasteiger partial charge >= 0.3 is 11.9 Å². The molecule has 4 heteroatoms. The molecule has 2 atom stereocenters. The Morgan fingerprint density at radius 3 is 1.55 bits per heavy atom. The molecular formula is C27H50O4. The predicted octanol–water partition coefficient (Wildman–Crippen LogP) is 7.77. The molecular weight excluding hydrogens is 388 g/mol. The van der Waals surface area contributed by atoms with Gasteiger partial charge in [0.25, 0.3) is 0 Å². The van der Waals surface area contributed by atoms with E-state index in [-0.39, 0.29) is 29.9 Å². The summed E-state index contributed by atoms with van der Waals surface area (Å²) in [7, 11) is 0. The van der Waals surface area contributed by atoms with E-state index in [4.69, 9.17) is 9.47 Å². The van der Waals surface area contributed by atoms with Gasteiger partial charge in [0.15, 0.2) is 0 Å². The molecule has 0 radical (unpaired) electrons. The van der Waals surface area contributed by atoms with E-state index < -0.39 is 0 Å². The van der Waals surface area contributed by atoms with Gasteiger partial charge in [-0.25, -0.2) is 0 Å². The summed E-state index contributed by atoms with van der Waals surface area (Å²) in [5.41, 5.74) is 0. The fourth-order valence-electron chi connectivity index (χ4n) is 4.59. The van der Waals surface area contributed by atoms with Crippen LogP contribution in [0.25, 0.3) is 0 Å². The van der Waals surface area contributed by atoms with Gasteiger partial charge in [0.05, 0.1) is 24.5 Å². The Balaban J connectivity index is 1.99. The molecule has 4 nitrogen and oxygen atoms in total. The van der Waals surface area contributed by atoms with E-state index in [0.29, 0.717) is 6.61 Å². The normalized spacial score (nSPS) is 18.8. The quantitative estimate of drug-likeness (QED) is 0.162. The summed E-state index contributed by atoms with van der Waals surface area (Å²) in [6.45, 7) is 6.46. The van der Waals surface area contributed by atoms with Crippen molar-refractivity contribution in [2.45, 2.75) is 142 Å². The SMILES string of the molecule is CCCCCCCCCCCCCCCCOC(=O)C1CCCCC1C(=O)OC(C)C. The molecule has 2 unspecified atom stereocenters. The third-order valence-electron chi connectivity index (χ3n) is 6.47. The lowest BCUT2D eigenvalue weighted by molar-refractivity contribution is -0.165. The van der Waals surface area contributed by atoms with Crippen LogP contribution in [0.4, 0.5) is 0 Å². The number of unbranched alkanes of at least 4 members (excludes halogenated alkanes) is 13. The Hall–Kier alpha value is -1.06. The number of esters is 2. The van der Waals surface area contributed by atoms with Crippen molar-refractivity contribution < 1.29 is 19.1 Å². The summed E-state index contributed by atoms with van der Waals surface area (Å²) in [5, 5.41) is 0. The second kappa shape index (κ2) is 18.5. The summed E-state index contributed by atoms with van der Waals surface area (Å²) in [5.74, 6) is -1.06. The zero-order chi connectivity index (χ0) is 22.7. The molecule has 1 aliphatic carbocycles. The molecule has 31 heavy (non-hydrogen) atoms. The predicted molar refractivity (Wildman–Crippen MR) is 128 cm³/mol. The highest BCUT2D eigenvalue weighted by molar-refractivity contribution is 5.82. The fourth-order valence-corrected chi connectivity index (χ4v) is 4.59. The van der Waals surface area contributed by atoms with Gasteiger partial charge < -0.3 is 9.47 Å². The zero-order valence-corrected chi connectivity index (χ0v) is 20.8. The third kappa shape index (κ3) is 13.9. The van der Waals surface area contributed by atoms with Crippen LogP contribution >= 0.6 is 0 Å². The van der Waals surface area contributed by atoms with Crippen LogP contribution in [-0.2, 0) is 19.1 Å². The standard InChI is InChI=1S/C27H50O4/c1-4-5-6-7-8-9-10-11-12-13-14-15-16-19-22-30-26(28)24-20-17-18-21-25(24)27(29)31-23(2)3/h23-25H,4-22H2,1-3H3. The number of hydrogen-bond acceptors (Lipinski definition) is 4. The van der Waals surface area contributed by atoms with Crippen molar-refractivity contribution >= 4 is 11.9 Å². The Morgan fingerprint density at radius 1 is 0.677 bits per heavy atom. The Labute approximate surface area is 192 Å². The molecule has 0 aliphatic heterocycles. The first kappa shape index (κ1) is 28.0.